The van der Waals surface area contributed by atoms with Crippen LogP contribution in [0.5, 0.6) is 0 Å². The van der Waals surface area contributed by atoms with Crippen molar-refractivity contribution >= 4 is 5.97 Å². The molecule has 0 amide bonds. The number of aliphatic carboxylic acids is 1. The Balaban J connectivity index is 2.85. The lowest BCUT2D eigenvalue weighted by Crippen LogP contribution is -2.06. The second kappa shape index (κ2) is 4.74. The molecule has 0 saturated carbocycles. The number of alkyl halides is 1. The van der Waals surface area contributed by atoms with Gasteiger partial charge in [-0.15, -0.1) is 0 Å². The first-order valence-electron chi connectivity index (χ1n) is 4.52. The van der Waals surface area contributed by atoms with Gasteiger partial charge in [-0.1, -0.05) is 24.3 Å². The number of rotatable bonds is 4. The van der Waals surface area contributed by atoms with Gasteiger partial charge < -0.3 is 5.11 Å². The van der Waals surface area contributed by atoms with Crippen molar-refractivity contribution in [3.05, 3.63) is 35.4 Å². The van der Waals surface area contributed by atoms with E-state index in [1.54, 1.807) is 24.3 Å². The van der Waals surface area contributed by atoms with Crippen LogP contribution >= 0.6 is 0 Å². The summed E-state index contributed by atoms with van der Waals surface area (Å²) < 4.78 is 12.8. The van der Waals surface area contributed by atoms with E-state index in [0.29, 0.717) is 5.56 Å². The molecule has 1 aromatic rings. The molecule has 2 nitrogen and oxygen atoms in total. The van der Waals surface area contributed by atoms with Gasteiger partial charge in [-0.3, -0.25) is 4.79 Å². The SMILES string of the molecule is CC(F)Cc1ccccc1CC(=O)O. The minimum atomic E-state index is -0.940. The minimum absolute atomic E-state index is 0.0388. The van der Waals surface area contributed by atoms with E-state index in [1.807, 2.05) is 0 Å². The highest BCUT2D eigenvalue weighted by atomic mass is 19.1. The molecule has 0 aliphatic rings. The van der Waals surface area contributed by atoms with Crippen LogP contribution in [0.2, 0.25) is 0 Å². The maximum atomic E-state index is 12.8. The van der Waals surface area contributed by atoms with Gasteiger partial charge in [0.05, 0.1) is 6.42 Å². The van der Waals surface area contributed by atoms with Crippen molar-refractivity contribution < 1.29 is 14.3 Å². The molecule has 0 fully saturated rings. The second-order valence-corrected chi connectivity index (χ2v) is 3.32. The van der Waals surface area contributed by atoms with Crippen LogP contribution < -0.4 is 0 Å². The highest BCUT2D eigenvalue weighted by Crippen LogP contribution is 2.13. The van der Waals surface area contributed by atoms with E-state index < -0.39 is 12.1 Å². The molecule has 76 valence electrons. The molecule has 1 unspecified atom stereocenters. The largest absolute Gasteiger partial charge is 0.481 e. The molecule has 0 radical (unpaired) electrons. The van der Waals surface area contributed by atoms with E-state index >= 15 is 0 Å². The molecule has 1 aromatic carbocycles. The third kappa shape index (κ3) is 3.17. The minimum Gasteiger partial charge on any atom is -0.481 e. The average molecular weight is 196 g/mol. The van der Waals surface area contributed by atoms with Crippen molar-refractivity contribution in [3.8, 4) is 0 Å². The van der Waals surface area contributed by atoms with Gasteiger partial charge in [-0.2, -0.15) is 0 Å². The van der Waals surface area contributed by atoms with Gasteiger partial charge in [-0.05, 0) is 18.1 Å². The van der Waals surface area contributed by atoms with Crippen LogP contribution in [0.25, 0.3) is 0 Å². The first-order valence-corrected chi connectivity index (χ1v) is 4.52. The smallest absolute Gasteiger partial charge is 0.307 e. The van der Waals surface area contributed by atoms with Gasteiger partial charge in [0.25, 0.3) is 0 Å². The van der Waals surface area contributed by atoms with E-state index in [2.05, 4.69) is 0 Å². The fourth-order valence-corrected chi connectivity index (χ4v) is 1.40. The quantitative estimate of drug-likeness (QED) is 0.801. The summed E-state index contributed by atoms with van der Waals surface area (Å²) in [7, 11) is 0. The Morgan fingerprint density at radius 2 is 2.00 bits per heavy atom. The highest BCUT2D eigenvalue weighted by molar-refractivity contribution is 5.70. The lowest BCUT2D eigenvalue weighted by Gasteiger charge is -2.07. The van der Waals surface area contributed by atoms with Crippen molar-refractivity contribution in [1.29, 1.82) is 0 Å². The molecule has 0 aliphatic heterocycles. The molecule has 0 bridgehead atoms. The second-order valence-electron chi connectivity index (χ2n) is 3.32. The molecule has 0 aromatic heterocycles. The van der Waals surface area contributed by atoms with Crippen LogP contribution in [0.15, 0.2) is 24.3 Å². The Morgan fingerprint density at radius 1 is 1.43 bits per heavy atom. The lowest BCUT2D eigenvalue weighted by molar-refractivity contribution is -0.136. The summed E-state index contributed by atoms with van der Waals surface area (Å²) in [6.07, 6.45) is -0.697. The zero-order valence-corrected chi connectivity index (χ0v) is 8.03. The Hall–Kier alpha value is -1.38. The summed E-state index contributed by atoms with van der Waals surface area (Å²) in [6.45, 7) is 1.47. The third-order valence-electron chi connectivity index (χ3n) is 1.96. The molecular formula is C11H13FO2. The topological polar surface area (TPSA) is 37.3 Å². The highest BCUT2D eigenvalue weighted by Gasteiger charge is 2.08. The molecule has 1 atom stereocenters. The molecule has 1 N–H and O–H groups in total. The fourth-order valence-electron chi connectivity index (χ4n) is 1.40. The first kappa shape index (κ1) is 10.7. The van der Waals surface area contributed by atoms with Crippen molar-refractivity contribution in [2.75, 3.05) is 0 Å². The molecule has 1 rings (SSSR count). The van der Waals surface area contributed by atoms with Crippen molar-refractivity contribution in [2.45, 2.75) is 25.9 Å². The van der Waals surface area contributed by atoms with Gasteiger partial charge in [0, 0.05) is 6.42 Å². The van der Waals surface area contributed by atoms with E-state index in [0.717, 1.165) is 5.56 Å². The summed E-state index contributed by atoms with van der Waals surface area (Å²) in [4.78, 5) is 10.5. The summed E-state index contributed by atoms with van der Waals surface area (Å²) in [6, 6.07) is 7.06. The monoisotopic (exact) mass is 196 g/mol. The number of benzene rings is 1. The number of carboxylic acids is 1. The fraction of sp³-hybridized carbons (Fsp3) is 0.364. The average Bonchev–Trinajstić information content (AvgIpc) is 2.06. The number of hydrogen-bond donors (Lipinski definition) is 1. The van der Waals surface area contributed by atoms with E-state index in [1.165, 1.54) is 6.92 Å². The van der Waals surface area contributed by atoms with E-state index in [-0.39, 0.29) is 12.8 Å². The maximum Gasteiger partial charge on any atom is 0.307 e. The zero-order chi connectivity index (χ0) is 10.6. The molecule has 0 spiro atoms. The number of carboxylic acid groups (broad SMARTS) is 1. The Kier molecular flexibility index (Phi) is 3.63. The zero-order valence-electron chi connectivity index (χ0n) is 8.03. The van der Waals surface area contributed by atoms with Crippen molar-refractivity contribution in [2.24, 2.45) is 0 Å². The van der Waals surface area contributed by atoms with E-state index in [4.69, 9.17) is 5.11 Å². The van der Waals surface area contributed by atoms with Crippen LogP contribution in [0.4, 0.5) is 4.39 Å². The van der Waals surface area contributed by atoms with Crippen molar-refractivity contribution in [3.63, 3.8) is 0 Å². The third-order valence-corrected chi connectivity index (χ3v) is 1.96. The predicted molar refractivity (Wildman–Crippen MR) is 52.1 cm³/mol. The molecule has 14 heavy (non-hydrogen) atoms. The van der Waals surface area contributed by atoms with Crippen molar-refractivity contribution in [1.82, 2.24) is 0 Å². The van der Waals surface area contributed by atoms with Gasteiger partial charge in [-0.25, -0.2) is 4.39 Å². The van der Waals surface area contributed by atoms with E-state index in [9.17, 15) is 9.18 Å². The van der Waals surface area contributed by atoms with Crippen LogP contribution in [0.3, 0.4) is 0 Å². The number of halogens is 1. The maximum absolute atomic E-state index is 12.8. The Morgan fingerprint density at radius 3 is 2.50 bits per heavy atom. The van der Waals surface area contributed by atoms with Gasteiger partial charge in [0.2, 0.25) is 0 Å². The number of hydrogen-bond acceptors (Lipinski definition) is 1. The summed E-state index contributed by atoms with van der Waals surface area (Å²) in [5, 5.41) is 8.63. The summed E-state index contributed by atoms with van der Waals surface area (Å²) in [5.41, 5.74) is 1.48. The van der Waals surface area contributed by atoms with Crippen LogP contribution in [-0.4, -0.2) is 17.2 Å². The Bertz CT molecular complexity index is 321. The standard InChI is InChI=1S/C11H13FO2/c1-8(12)6-9-4-2-3-5-10(9)7-11(13)14/h2-5,8H,6-7H2,1H3,(H,13,14). The molecular weight excluding hydrogens is 183 g/mol. The van der Waals surface area contributed by atoms with Crippen LogP contribution in [-0.2, 0) is 17.6 Å². The lowest BCUT2D eigenvalue weighted by atomic mass is 10.0. The van der Waals surface area contributed by atoms with Crippen LogP contribution in [0.1, 0.15) is 18.1 Å². The number of carbonyl (C=O) groups is 1. The Labute approximate surface area is 82.4 Å². The van der Waals surface area contributed by atoms with Gasteiger partial charge in [0.15, 0.2) is 0 Å². The molecule has 0 aliphatic carbocycles. The van der Waals surface area contributed by atoms with Crippen LogP contribution in [0, 0.1) is 0 Å². The normalized spacial score (nSPS) is 12.4. The first-order chi connectivity index (χ1) is 6.59. The summed E-state index contributed by atoms with van der Waals surface area (Å²) >= 11 is 0. The molecule has 0 saturated heterocycles. The van der Waals surface area contributed by atoms with Gasteiger partial charge in [0.1, 0.15) is 6.17 Å². The van der Waals surface area contributed by atoms with Gasteiger partial charge >= 0.3 is 5.97 Å². The summed E-state index contributed by atoms with van der Waals surface area (Å²) in [5.74, 6) is -0.885. The molecule has 0 heterocycles. The predicted octanol–water partition coefficient (Wildman–Crippen LogP) is 2.21. The molecule has 3 heteroatoms.